The summed E-state index contributed by atoms with van der Waals surface area (Å²) in [4.78, 5) is 10.2. The summed E-state index contributed by atoms with van der Waals surface area (Å²) in [7, 11) is 3.41. The lowest BCUT2D eigenvalue weighted by Gasteiger charge is -2.21. The van der Waals surface area contributed by atoms with Crippen molar-refractivity contribution in [3.63, 3.8) is 0 Å². The molecule has 0 radical (unpaired) electrons. The summed E-state index contributed by atoms with van der Waals surface area (Å²) in [6.45, 7) is 0. The second-order valence-corrected chi connectivity index (χ2v) is 8.14. The number of hydrogen-bond acceptors (Lipinski definition) is 5. The molecule has 1 aliphatic rings. The molecule has 0 spiro atoms. The summed E-state index contributed by atoms with van der Waals surface area (Å²) < 4.78 is 13.6. The van der Waals surface area contributed by atoms with Gasteiger partial charge in [0.2, 0.25) is 0 Å². The van der Waals surface area contributed by atoms with Gasteiger partial charge in [0.05, 0.1) is 31.8 Å². The number of thiazole rings is 1. The Balaban J connectivity index is 1.90. The third-order valence-electron chi connectivity index (χ3n) is 5.48. The first-order valence-corrected chi connectivity index (χ1v) is 11.1. The molecule has 0 bridgehead atoms. The number of pyridine rings is 1. The van der Waals surface area contributed by atoms with E-state index in [9.17, 15) is 0 Å². The van der Waals surface area contributed by atoms with E-state index in [0.717, 1.165) is 33.2 Å². The van der Waals surface area contributed by atoms with E-state index in [1.807, 2.05) is 30.5 Å². The Morgan fingerprint density at radius 1 is 1.07 bits per heavy atom. The molecule has 0 saturated heterocycles. The fourth-order valence-corrected chi connectivity index (χ4v) is 4.99. The second kappa shape index (κ2) is 9.27. The van der Waals surface area contributed by atoms with Crippen molar-refractivity contribution in [3.8, 4) is 22.8 Å². The van der Waals surface area contributed by atoms with Gasteiger partial charge in [-0.05, 0) is 43.2 Å². The van der Waals surface area contributed by atoms with E-state index in [4.69, 9.17) is 14.5 Å². The predicted octanol–water partition coefficient (Wildman–Crippen LogP) is 5.76. The lowest BCUT2D eigenvalue weighted by Crippen LogP contribution is -2.21. The van der Waals surface area contributed by atoms with E-state index in [1.54, 1.807) is 31.8 Å². The molecule has 0 aliphatic heterocycles. The summed E-state index contributed by atoms with van der Waals surface area (Å²) in [5, 5.41) is 2.19. The lowest BCUT2D eigenvalue weighted by atomic mass is 10.1. The number of methoxy groups -OCH3 is 2. The maximum Gasteiger partial charge on any atom is 0.190 e. The van der Waals surface area contributed by atoms with Gasteiger partial charge in [0.15, 0.2) is 4.80 Å². The SMILES string of the molecule is COc1ccc(OC)c(-c2csc(=Nc3cccnc3)n2C2CCCCCC2)c1. The maximum absolute atomic E-state index is 5.69. The van der Waals surface area contributed by atoms with Crippen LogP contribution < -0.4 is 14.3 Å². The highest BCUT2D eigenvalue weighted by Gasteiger charge is 2.21. The average Bonchev–Trinajstić information content (AvgIpc) is 2.98. The highest BCUT2D eigenvalue weighted by molar-refractivity contribution is 7.07. The van der Waals surface area contributed by atoms with Gasteiger partial charge < -0.3 is 14.0 Å². The van der Waals surface area contributed by atoms with Crippen molar-refractivity contribution in [3.05, 3.63) is 52.9 Å². The standard InChI is InChI=1S/C23H27N3O2S/c1-27-19-11-12-22(28-2)20(14-19)21-16-29-23(25-17-8-7-13-24-15-17)26(21)18-9-5-3-4-6-10-18/h7-8,11-16,18H,3-6,9-10H2,1-2H3. The van der Waals surface area contributed by atoms with Gasteiger partial charge in [0, 0.05) is 23.2 Å². The Morgan fingerprint density at radius 3 is 2.59 bits per heavy atom. The Bertz CT molecular complexity index is 1000. The summed E-state index contributed by atoms with van der Waals surface area (Å²) >= 11 is 1.67. The van der Waals surface area contributed by atoms with Crippen LogP contribution in [0.5, 0.6) is 11.5 Å². The third-order valence-corrected chi connectivity index (χ3v) is 6.32. The molecule has 5 nitrogen and oxygen atoms in total. The maximum atomic E-state index is 5.69. The monoisotopic (exact) mass is 409 g/mol. The molecule has 1 fully saturated rings. The smallest absolute Gasteiger partial charge is 0.190 e. The quantitative estimate of drug-likeness (QED) is 0.504. The van der Waals surface area contributed by atoms with Gasteiger partial charge >= 0.3 is 0 Å². The number of hydrogen-bond donors (Lipinski definition) is 0. The highest BCUT2D eigenvalue weighted by Crippen LogP contribution is 2.37. The Hall–Kier alpha value is -2.60. The zero-order valence-electron chi connectivity index (χ0n) is 17.0. The van der Waals surface area contributed by atoms with Gasteiger partial charge in [0.1, 0.15) is 11.5 Å². The van der Waals surface area contributed by atoms with Crippen LogP contribution in [-0.4, -0.2) is 23.8 Å². The minimum absolute atomic E-state index is 0.435. The largest absolute Gasteiger partial charge is 0.497 e. The van der Waals surface area contributed by atoms with Crippen molar-refractivity contribution in [1.82, 2.24) is 9.55 Å². The summed E-state index contributed by atoms with van der Waals surface area (Å²) in [5.41, 5.74) is 3.06. The fraction of sp³-hybridized carbons (Fsp3) is 0.391. The molecule has 4 rings (SSSR count). The Morgan fingerprint density at radius 2 is 1.90 bits per heavy atom. The van der Waals surface area contributed by atoms with E-state index in [0.29, 0.717) is 6.04 Å². The minimum Gasteiger partial charge on any atom is -0.497 e. The number of benzene rings is 1. The van der Waals surface area contributed by atoms with E-state index in [-0.39, 0.29) is 0 Å². The molecule has 0 atom stereocenters. The molecule has 0 amide bonds. The van der Waals surface area contributed by atoms with Gasteiger partial charge in [0.25, 0.3) is 0 Å². The average molecular weight is 410 g/mol. The molecule has 152 valence electrons. The number of ether oxygens (including phenoxy) is 2. The third kappa shape index (κ3) is 4.37. The zero-order valence-corrected chi connectivity index (χ0v) is 17.8. The highest BCUT2D eigenvalue weighted by atomic mass is 32.1. The predicted molar refractivity (Wildman–Crippen MR) is 117 cm³/mol. The van der Waals surface area contributed by atoms with Gasteiger partial charge in [-0.15, -0.1) is 11.3 Å². The van der Waals surface area contributed by atoms with Crippen LogP contribution in [0, 0.1) is 0 Å². The van der Waals surface area contributed by atoms with Crippen molar-refractivity contribution in [2.24, 2.45) is 4.99 Å². The van der Waals surface area contributed by atoms with Crippen LogP contribution in [0.2, 0.25) is 0 Å². The van der Waals surface area contributed by atoms with Crippen LogP contribution in [0.1, 0.15) is 44.6 Å². The van der Waals surface area contributed by atoms with Gasteiger partial charge in [-0.25, -0.2) is 4.99 Å². The Kier molecular flexibility index (Phi) is 6.30. The summed E-state index contributed by atoms with van der Waals surface area (Å²) in [5.74, 6) is 1.67. The van der Waals surface area contributed by atoms with Gasteiger partial charge in [-0.2, -0.15) is 0 Å². The van der Waals surface area contributed by atoms with Gasteiger partial charge in [-0.1, -0.05) is 25.7 Å². The molecule has 3 aromatic rings. The van der Waals surface area contributed by atoms with Crippen molar-refractivity contribution in [2.45, 2.75) is 44.6 Å². The molecule has 2 aromatic heterocycles. The van der Waals surface area contributed by atoms with Crippen LogP contribution in [0.3, 0.4) is 0 Å². The molecular weight excluding hydrogens is 382 g/mol. The molecule has 1 saturated carbocycles. The summed E-state index contributed by atoms with van der Waals surface area (Å²) in [6.07, 6.45) is 11.1. The van der Waals surface area contributed by atoms with E-state index < -0.39 is 0 Å². The van der Waals surface area contributed by atoms with E-state index >= 15 is 0 Å². The molecule has 0 N–H and O–H groups in total. The van der Waals surface area contributed by atoms with Gasteiger partial charge in [-0.3, -0.25) is 4.98 Å². The molecular formula is C23H27N3O2S. The molecule has 0 unspecified atom stereocenters. The van der Waals surface area contributed by atoms with Crippen LogP contribution in [-0.2, 0) is 0 Å². The minimum atomic E-state index is 0.435. The molecule has 6 heteroatoms. The van der Waals surface area contributed by atoms with Crippen LogP contribution in [0.4, 0.5) is 5.69 Å². The fourth-order valence-electron chi connectivity index (χ4n) is 4.01. The first kappa shape index (κ1) is 19.7. The zero-order chi connectivity index (χ0) is 20.1. The van der Waals surface area contributed by atoms with Crippen molar-refractivity contribution in [2.75, 3.05) is 14.2 Å². The molecule has 1 aromatic carbocycles. The van der Waals surface area contributed by atoms with Crippen LogP contribution in [0.15, 0.2) is 53.1 Å². The lowest BCUT2D eigenvalue weighted by molar-refractivity contribution is 0.402. The number of rotatable bonds is 5. The molecule has 2 heterocycles. The molecule has 1 aliphatic carbocycles. The van der Waals surface area contributed by atoms with Crippen molar-refractivity contribution >= 4 is 17.0 Å². The number of nitrogens with zero attached hydrogens (tertiary/aromatic N) is 3. The Labute approximate surface area is 175 Å². The molecule has 29 heavy (non-hydrogen) atoms. The number of aromatic nitrogens is 2. The first-order valence-electron chi connectivity index (χ1n) is 10.2. The van der Waals surface area contributed by atoms with E-state index in [1.165, 1.54) is 38.5 Å². The second-order valence-electron chi connectivity index (χ2n) is 7.31. The van der Waals surface area contributed by atoms with Crippen LogP contribution >= 0.6 is 11.3 Å². The van der Waals surface area contributed by atoms with Crippen molar-refractivity contribution in [1.29, 1.82) is 0 Å². The van der Waals surface area contributed by atoms with E-state index in [2.05, 4.69) is 21.0 Å². The summed E-state index contributed by atoms with van der Waals surface area (Å²) in [6, 6.07) is 10.3. The first-order chi connectivity index (χ1) is 14.3. The van der Waals surface area contributed by atoms with Crippen molar-refractivity contribution < 1.29 is 9.47 Å². The van der Waals surface area contributed by atoms with Crippen LogP contribution in [0.25, 0.3) is 11.3 Å². The normalized spacial score (nSPS) is 15.9. The topological polar surface area (TPSA) is 48.6 Å².